The average Bonchev–Trinajstić information content (AvgIpc) is 2.85. The molecule has 4 heteroatoms. The maximum Gasteiger partial charge on any atom is 0.211 e. The summed E-state index contributed by atoms with van der Waals surface area (Å²) in [6.07, 6.45) is 0. The van der Waals surface area contributed by atoms with Gasteiger partial charge in [0.1, 0.15) is 0 Å². The fourth-order valence-electron chi connectivity index (χ4n) is 2.79. The van der Waals surface area contributed by atoms with E-state index in [4.69, 9.17) is 0 Å². The molecule has 0 unspecified atom stereocenters. The number of hydrogen-bond donors (Lipinski definition) is 2. The van der Waals surface area contributed by atoms with Crippen molar-refractivity contribution in [3.63, 3.8) is 0 Å². The van der Waals surface area contributed by atoms with Gasteiger partial charge in [0.05, 0.1) is 5.70 Å². The maximum absolute atomic E-state index is 12.6. The van der Waals surface area contributed by atoms with Crippen molar-refractivity contribution in [3.8, 4) is 0 Å². The molecular formula is C17H12N2O2. The Bertz CT molecular complexity index is 821. The number of allylic oxidation sites excluding steroid dienone is 1. The number of benzene rings is 2. The lowest BCUT2D eigenvalue weighted by Gasteiger charge is -2.20. The van der Waals surface area contributed by atoms with Crippen LogP contribution in [0.1, 0.15) is 20.7 Å². The second kappa shape index (κ2) is 4.31. The Morgan fingerprint density at radius 3 is 2.10 bits per heavy atom. The van der Waals surface area contributed by atoms with Crippen LogP contribution in [0.3, 0.4) is 0 Å². The first-order chi connectivity index (χ1) is 10.3. The molecule has 21 heavy (non-hydrogen) atoms. The molecule has 2 aliphatic rings. The van der Waals surface area contributed by atoms with Gasteiger partial charge in [-0.1, -0.05) is 24.3 Å². The summed E-state index contributed by atoms with van der Waals surface area (Å²) in [6.45, 7) is 0.359. The third kappa shape index (κ3) is 1.69. The standard InChI is InChI=1S/C17H12N2O2/c20-16-10-5-1-3-7-13(10)18-9-12(16)15-17(21)11-6-2-4-8-14(11)19-15/h1-8,18-19H,9H2/b15-12-. The van der Waals surface area contributed by atoms with Gasteiger partial charge < -0.3 is 10.6 Å². The van der Waals surface area contributed by atoms with Crippen molar-refractivity contribution >= 4 is 22.9 Å². The Balaban J connectivity index is 1.82. The number of carbonyl (C=O) groups is 2. The first kappa shape index (κ1) is 11.9. The van der Waals surface area contributed by atoms with Crippen LogP contribution in [0.4, 0.5) is 11.4 Å². The molecule has 2 aromatic rings. The zero-order valence-electron chi connectivity index (χ0n) is 11.1. The van der Waals surface area contributed by atoms with E-state index in [1.54, 1.807) is 12.1 Å². The van der Waals surface area contributed by atoms with E-state index in [2.05, 4.69) is 10.6 Å². The van der Waals surface area contributed by atoms with Gasteiger partial charge >= 0.3 is 0 Å². The van der Waals surface area contributed by atoms with E-state index in [1.165, 1.54) is 0 Å². The van der Waals surface area contributed by atoms with E-state index in [1.807, 2.05) is 36.4 Å². The number of fused-ring (bicyclic) bond motifs is 2. The number of hydrogen-bond acceptors (Lipinski definition) is 4. The molecule has 102 valence electrons. The summed E-state index contributed by atoms with van der Waals surface area (Å²) in [5.74, 6) is -0.205. The molecule has 2 N–H and O–H groups in total. The summed E-state index contributed by atoms with van der Waals surface area (Å²) in [5, 5.41) is 6.28. The van der Waals surface area contributed by atoms with Gasteiger partial charge in [-0.15, -0.1) is 0 Å². The summed E-state index contributed by atoms with van der Waals surface area (Å²) in [7, 11) is 0. The van der Waals surface area contributed by atoms with E-state index in [-0.39, 0.29) is 11.6 Å². The highest BCUT2D eigenvalue weighted by Crippen LogP contribution is 2.32. The number of carbonyl (C=O) groups excluding carboxylic acids is 2. The van der Waals surface area contributed by atoms with Gasteiger partial charge in [0, 0.05) is 34.6 Å². The van der Waals surface area contributed by atoms with Crippen LogP contribution in [0, 0.1) is 0 Å². The van der Waals surface area contributed by atoms with Crippen molar-refractivity contribution in [2.45, 2.75) is 0 Å². The molecule has 0 aromatic heterocycles. The molecule has 2 aliphatic heterocycles. The second-order valence-corrected chi connectivity index (χ2v) is 5.08. The summed E-state index contributed by atoms with van der Waals surface area (Å²) in [6, 6.07) is 14.6. The minimum atomic E-state index is -0.116. The molecule has 0 amide bonds. The SMILES string of the molecule is O=C1/C(=C2\Nc3ccccc3C2=O)CNc2ccccc21. The summed E-state index contributed by atoms with van der Waals surface area (Å²) >= 11 is 0. The van der Waals surface area contributed by atoms with E-state index in [0.717, 1.165) is 11.4 Å². The molecule has 0 spiro atoms. The van der Waals surface area contributed by atoms with Gasteiger partial charge in [-0.05, 0) is 24.3 Å². The minimum absolute atomic E-state index is 0.0898. The Morgan fingerprint density at radius 2 is 1.38 bits per heavy atom. The van der Waals surface area contributed by atoms with E-state index in [9.17, 15) is 9.59 Å². The molecule has 4 rings (SSSR count). The third-order valence-electron chi connectivity index (χ3n) is 3.86. The van der Waals surface area contributed by atoms with Crippen LogP contribution in [0.25, 0.3) is 0 Å². The number of nitrogens with one attached hydrogen (secondary N) is 2. The van der Waals surface area contributed by atoms with Crippen LogP contribution >= 0.6 is 0 Å². The molecule has 0 atom stereocenters. The molecule has 0 saturated heterocycles. The fourth-order valence-corrected chi connectivity index (χ4v) is 2.79. The quantitative estimate of drug-likeness (QED) is 0.726. The van der Waals surface area contributed by atoms with Crippen LogP contribution in [-0.4, -0.2) is 18.1 Å². The monoisotopic (exact) mass is 276 g/mol. The molecular weight excluding hydrogens is 264 g/mol. The van der Waals surface area contributed by atoms with E-state index >= 15 is 0 Å². The summed E-state index contributed by atoms with van der Waals surface area (Å²) in [5.41, 5.74) is 3.69. The molecule has 0 bridgehead atoms. The van der Waals surface area contributed by atoms with Gasteiger partial charge in [-0.25, -0.2) is 0 Å². The molecule has 2 aromatic carbocycles. The Hall–Kier alpha value is -2.88. The number of anilines is 2. The molecule has 0 saturated carbocycles. The van der Waals surface area contributed by atoms with Gasteiger partial charge in [0.25, 0.3) is 0 Å². The van der Waals surface area contributed by atoms with E-state index in [0.29, 0.717) is 28.9 Å². The third-order valence-corrected chi connectivity index (χ3v) is 3.86. The summed E-state index contributed by atoms with van der Waals surface area (Å²) < 4.78 is 0. The van der Waals surface area contributed by atoms with Crippen LogP contribution in [0.5, 0.6) is 0 Å². The second-order valence-electron chi connectivity index (χ2n) is 5.08. The topological polar surface area (TPSA) is 58.2 Å². The number of Topliss-reactive ketones (excluding diaryl/α,β-unsaturated/α-hetero) is 2. The molecule has 2 heterocycles. The highest BCUT2D eigenvalue weighted by Gasteiger charge is 2.32. The average molecular weight is 276 g/mol. The molecule has 0 fully saturated rings. The summed E-state index contributed by atoms with van der Waals surface area (Å²) in [4.78, 5) is 25.1. The predicted molar refractivity (Wildman–Crippen MR) is 80.7 cm³/mol. The van der Waals surface area contributed by atoms with Crippen molar-refractivity contribution in [2.24, 2.45) is 0 Å². The molecule has 4 nitrogen and oxygen atoms in total. The van der Waals surface area contributed by atoms with Gasteiger partial charge in [-0.2, -0.15) is 0 Å². The zero-order valence-corrected chi connectivity index (χ0v) is 11.1. The Labute approximate surface area is 121 Å². The van der Waals surface area contributed by atoms with E-state index < -0.39 is 0 Å². The number of para-hydroxylation sites is 2. The van der Waals surface area contributed by atoms with Crippen molar-refractivity contribution < 1.29 is 9.59 Å². The van der Waals surface area contributed by atoms with Gasteiger partial charge in [0.15, 0.2) is 5.78 Å². The highest BCUT2D eigenvalue weighted by molar-refractivity contribution is 6.25. The normalized spacial score (nSPS) is 19.6. The lowest BCUT2D eigenvalue weighted by atomic mass is 9.95. The van der Waals surface area contributed by atoms with Gasteiger partial charge in [0.2, 0.25) is 5.78 Å². The van der Waals surface area contributed by atoms with Crippen molar-refractivity contribution in [2.75, 3.05) is 17.2 Å². The fraction of sp³-hybridized carbons (Fsp3) is 0.0588. The Morgan fingerprint density at radius 1 is 0.762 bits per heavy atom. The van der Waals surface area contributed by atoms with Crippen molar-refractivity contribution in [1.29, 1.82) is 0 Å². The lowest BCUT2D eigenvalue weighted by Crippen LogP contribution is -2.25. The predicted octanol–water partition coefficient (Wildman–Crippen LogP) is 2.86. The van der Waals surface area contributed by atoms with Crippen molar-refractivity contribution in [3.05, 3.63) is 70.9 Å². The van der Waals surface area contributed by atoms with Gasteiger partial charge in [-0.3, -0.25) is 9.59 Å². The first-order valence-electron chi connectivity index (χ1n) is 6.77. The largest absolute Gasteiger partial charge is 0.380 e. The van der Waals surface area contributed by atoms with Crippen molar-refractivity contribution in [1.82, 2.24) is 0 Å². The molecule has 0 aliphatic carbocycles. The highest BCUT2D eigenvalue weighted by atomic mass is 16.1. The zero-order chi connectivity index (χ0) is 14.4. The maximum atomic E-state index is 12.6. The Kier molecular flexibility index (Phi) is 2.44. The van der Waals surface area contributed by atoms with Crippen LogP contribution in [0.15, 0.2) is 59.8 Å². The van der Waals surface area contributed by atoms with Crippen LogP contribution in [-0.2, 0) is 0 Å². The smallest absolute Gasteiger partial charge is 0.211 e. The molecule has 0 radical (unpaired) electrons. The number of ketones is 2. The van der Waals surface area contributed by atoms with Crippen LogP contribution in [0.2, 0.25) is 0 Å². The first-order valence-corrected chi connectivity index (χ1v) is 6.77. The van der Waals surface area contributed by atoms with Crippen LogP contribution < -0.4 is 10.6 Å². The number of rotatable bonds is 0. The lowest BCUT2D eigenvalue weighted by molar-refractivity contribution is 0.100. The minimum Gasteiger partial charge on any atom is -0.380 e.